The second-order valence-corrected chi connectivity index (χ2v) is 9.35. The molecule has 0 aromatic heterocycles. The van der Waals surface area contributed by atoms with E-state index in [0.29, 0.717) is 5.02 Å². The minimum atomic E-state index is -0.407. The van der Waals surface area contributed by atoms with E-state index in [1.165, 1.54) is 11.8 Å². The van der Waals surface area contributed by atoms with Gasteiger partial charge in [0.2, 0.25) is 5.91 Å². The maximum absolute atomic E-state index is 12.6. The van der Waals surface area contributed by atoms with Gasteiger partial charge in [-0.3, -0.25) is 9.79 Å². The molecule has 1 saturated heterocycles. The zero-order chi connectivity index (χ0) is 21.8. The zero-order valence-corrected chi connectivity index (χ0v) is 19.5. The van der Waals surface area contributed by atoms with Crippen molar-refractivity contribution in [1.82, 2.24) is 4.90 Å². The molecule has 0 saturated carbocycles. The van der Waals surface area contributed by atoms with Gasteiger partial charge in [-0.05, 0) is 37.2 Å². The normalized spacial score (nSPS) is 18.0. The summed E-state index contributed by atoms with van der Waals surface area (Å²) in [6, 6.07) is 15.5. The van der Waals surface area contributed by atoms with E-state index < -0.39 is 5.66 Å². The van der Waals surface area contributed by atoms with Crippen LogP contribution in [0.4, 0.5) is 5.69 Å². The number of aliphatic imine (C=N–C) groups is 2. The number of benzene rings is 2. The molecule has 0 aliphatic carbocycles. The molecule has 31 heavy (non-hydrogen) atoms. The number of rotatable bonds is 5. The molecule has 1 spiro atoms. The number of halogens is 1. The molecular formula is C24H27ClN4OS. The third-order valence-electron chi connectivity index (χ3n) is 5.81. The number of amides is 1. The van der Waals surface area contributed by atoms with Crippen LogP contribution in [-0.2, 0) is 4.79 Å². The van der Waals surface area contributed by atoms with Crippen molar-refractivity contribution in [3.63, 3.8) is 0 Å². The van der Waals surface area contributed by atoms with E-state index >= 15 is 0 Å². The third kappa shape index (κ3) is 5.20. The molecule has 2 aromatic carbocycles. The molecule has 2 heterocycles. The Labute approximate surface area is 193 Å². The first-order chi connectivity index (χ1) is 15.0. The Balaban J connectivity index is 1.51. The molecule has 162 valence electrons. The van der Waals surface area contributed by atoms with Crippen LogP contribution in [0, 0.1) is 6.92 Å². The molecule has 2 aliphatic rings. The van der Waals surface area contributed by atoms with Gasteiger partial charge in [-0.1, -0.05) is 60.6 Å². The van der Waals surface area contributed by atoms with Gasteiger partial charge in [0.05, 0.1) is 11.5 Å². The lowest BCUT2D eigenvalue weighted by atomic mass is 9.98. The molecule has 1 fully saturated rings. The maximum Gasteiger partial charge on any atom is 0.234 e. The number of para-hydroxylation sites is 1. The Hall–Kier alpha value is -2.15. The highest BCUT2D eigenvalue weighted by atomic mass is 35.5. The van der Waals surface area contributed by atoms with Gasteiger partial charge in [-0.25, -0.2) is 4.99 Å². The fraction of sp³-hybridized carbons (Fsp3) is 0.375. The zero-order valence-electron chi connectivity index (χ0n) is 17.9. The van der Waals surface area contributed by atoms with Crippen LogP contribution in [0.25, 0.3) is 0 Å². The van der Waals surface area contributed by atoms with Crippen LogP contribution < -0.4 is 5.32 Å². The monoisotopic (exact) mass is 454 g/mol. The van der Waals surface area contributed by atoms with E-state index in [2.05, 4.69) is 17.1 Å². The van der Waals surface area contributed by atoms with E-state index in [-0.39, 0.29) is 11.7 Å². The second-order valence-electron chi connectivity index (χ2n) is 7.95. The number of carbonyl (C=O) groups excluding carboxylic acids is 1. The van der Waals surface area contributed by atoms with Gasteiger partial charge in [-0.2, -0.15) is 0 Å². The predicted molar refractivity (Wildman–Crippen MR) is 132 cm³/mol. The summed E-state index contributed by atoms with van der Waals surface area (Å²) in [7, 11) is 0. The van der Waals surface area contributed by atoms with Gasteiger partial charge < -0.3 is 10.2 Å². The van der Waals surface area contributed by atoms with Gasteiger partial charge in [0, 0.05) is 42.2 Å². The van der Waals surface area contributed by atoms with Gasteiger partial charge in [-0.15, -0.1) is 0 Å². The smallest absolute Gasteiger partial charge is 0.234 e. The highest BCUT2D eigenvalue weighted by molar-refractivity contribution is 8.16. The number of likely N-dealkylation sites (tertiary alicyclic amines) is 1. The molecule has 1 N–H and O–H groups in total. The summed E-state index contributed by atoms with van der Waals surface area (Å²) in [5.41, 5.74) is 3.34. The summed E-state index contributed by atoms with van der Waals surface area (Å²) >= 11 is 7.55. The standard InChI is InChI=1S/C24H27ClN4OS/c1-3-29-14-12-24(13-15-29)27-22(18-8-10-19(25)11-9-18)23(28-24)31-16-21(30)26-20-7-5-4-6-17(20)2/h4-11H,3,12-16H2,1-2H3,(H,26,30). The summed E-state index contributed by atoms with van der Waals surface area (Å²) in [6.07, 6.45) is 1.80. The number of nitrogens with one attached hydrogen (secondary N) is 1. The first kappa shape index (κ1) is 22.1. The first-order valence-corrected chi connectivity index (χ1v) is 12.0. The number of anilines is 1. The fourth-order valence-corrected chi connectivity index (χ4v) is 4.90. The highest BCUT2D eigenvalue weighted by Gasteiger charge is 2.39. The second kappa shape index (κ2) is 9.55. The van der Waals surface area contributed by atoms with Gasteiger partial charge in [0.1, 0.15) is 5.04 Å². The van der Waals surface area contributed by atoms with E-state index in [1.54, 1.807) is 0 Å². The number of hydrogen-bond donors (Lipinski definition) is 1. The molecule has 5 nitrogen and oxygen atoms in total. The highest BCUT2D eigenvalue weighted by Crippen LogP contribution is 2.35. The first-order valence-electron chi connectivity index (χ1n) is 10.6. The number of hydrogen-bond acceptors (Lipinski definition) is 5. The molecular weight excluding hydrogens is 428 g/mol. The Bertz CT molecular complexity index is 1010. The van der Waals surface area contributed by atoms with Crippen LogP contribution in [0.5, 0.6) is 0 Å². The topological polar surface area (TPSA) is 57.1 Å². The summed E-state index contributed by atoms with van der Waals surface area (Å²) in [5, 5.41) is 4.53. The largest absolute Gasteiger partial charge is 0.325 e. The molecule has 7 heteroatoms. The third-order valence-corrected chi connectivity index (χ3v) is 7.03. The van der Waals surface area contributed by atoms with Crippen molar-refractivity contribution in [3.8, 4) is 0 Å². The molecule has 0 bridgehead atoms. The van der Waals surface area contributed by atoms with Crippen LogP contribution in [0.1, 0.15) is 30.9 Å². The lowest BCUT2D eigenvalue weighted by Gasteiger charge is -2.34. The van der Waals surface area contributed by atoms with Crippen molar-refractivity contribution >= 4 is 45.7 Å². The van der Waals surface area contributed by atoms with Crippen molar-refractivity contribution in [2.75, 3.05) is 30.7 Å². The fourth-order valence-electron chi connectivity index (χ4n) is 3.90. The van der Waals surface area contributed by atoms with Crippen LogP contribution >= 0.6 is 23.4 Å². The molecule has 0 radical (unpaired) electrons. The summed E-state index contributed by atoms with van der Waals surface area (Å²) < 4.78 is 0. The lowest BCUT2D eigenvalue weighted by molar-refractivity contribution is -0.113. The molecule has 1 amide bonds. The maximum atomic E-state index is 12.6. The Morgan fingerprint density at radius 2 is 1.84 bits per heavy atom. The van der Waals surface area contributed by atoms with Crippen molar-refractivity contribution in [2.45, 2.75) is 32.4 Å². The Morgan fingerprint density at radius 1 is 1.13 bits per heavy atom. The minimum absolute atomic E-state index is 0.0424. The van der Waals surface area contributed by atoms with Crippen molar-refractivity contribution < 1.29 is 4.79 Å². The number of carbonyl (C=O) groups is 1. The van der Waals surface area contributed by atoms with Crippen molar-refractivity contribution in [3.05, 3.63) is 64.7 Å². The van der Waals surface area contributed by atoms with E-state index in [9.17, 15) is 4.79 Å². The summed E-state index contributed by atoms with van der Waals surface area (Å²) in [6.45, 7) is 7.20. The average Bonchev–Trinajstić information content (AvgIpc) is 3.13. The molecule has 2 aliphatic heterocycles. The van der Waals surface area contributed by atoms with Crippen molar-refractivity contribution in [1.29, 1.82) is 0 Å². The van der Waals surface area contributed by atoms with E-state index in [1.807, 2.05) is 55.5 Å². The SMILES string of the molecule is CCN1CCC2(CC1)N=C(SCC(=O)Nc1ccccc1C)C(c1ccc(Cl)cc1)=N2. The Kier molecular flexibility index (Phi) is 6.80. The quantitative estimate of drug-likeness (QED) is 0.689. The van der Waals surface area contributed by atoms with Gasteiger partial charge in [0.15, 0.2) is 5.66 Å². The number of aryl methyl sites for hydroxylation is 1. The Morgan fingerprint density at radius 3 is 2.52 bits per heavy atom. The lowest BCUT2D eigenvalue weighted by Crippen LogP contribution is -2.41. The molecule has 2 aromatic rings. The van der Waals surface area contributed by atoms with Crippen LogP contribution in [0.15, 0.2) is 58.5 Å². The predicted octanol–water partition coefficient (Wildman–Crippen LogP) is 5.03. The van der Waals surface area contributed by atoms with Crippen LogP contribution in [0.3, 0.4) is 0 Å². The molecule has 4 rings (SSSR count). The van der Waals surface area contributed by atoms with Gasteiger partial charge in [0.25, 0.3) is 0 Å². The van der Waals surface area contributed by atoms with Crippen LogP contribution in [-0.4, -0.2) is 52.6 Å². The van der Waals surface area contributed by atoms with E-state index in [4.69, 9.17) is 21.6 Å². The summed E-state index contributed by atoms with van der Waals surface area (Å²) in [4.78, 5) is 25.2. The van der Waals surface area contributed by atoms with E-state index in [0.717, 1.165) is 60.0 Å². The molecule has 0 atom stereocenters. The minimum Gasteiger partial charge on any atom is -0.325 e. The number of piperidine rings is 1. The molecule has 0 unspecified atom stereocenters. The number of thioether (sulfide) groups is 1. The van der Waals surface area contributed by atoms with Crippen molar-refractivity contribution in [2.24, 2.45) is 9.98 Å². The summed E-state index contributed by atoms with van der Waals surface area (Å²) in [5.74, 6) is 0.246. The van der Waals surface area contributed by atoms with Gasteiger partial charge >= 0.3 is 0 Å². The van der Waals surface area contributed by atoms with Crippen LogP contribution in [0.2, 0.25) is 5.02 Å². The number of nitrogens with zero attached hydrogens (tertiary/aromatic N) is 3. The average molecular weight is 455 g/mol.